The summed E-state index contributed by atoms with van der Waals surface area (Å²) < 4.78 is 0. The quantitative estimate of drug-likeness (QED) is 0.682. The largest absolute Gasteiger partial charge is 0.481 e. The Bertz CT molecular complexity index is 950. The number of carbonyl (C=O) groups is 2. The third-order valence-corrected chi connectivity index (χ3v) is 4.71. The van der Waals surface area contributed by atoms with Crippen LogP contribution in [0.25, 0.3) is 0 Å². The van der Waals surface area contributed by atoms with E-state index in [-0.39, 0.29) is 36.9 Å². The lowest BCUT2D eigenvalue weighted by atomic mass is 9.90. The summed E-state index contributed by atoms with van der Waals surface area (Å²) in [5.41, 5.74) is 0.0641. The highest BCUT2D eigenvalue weighted by Crippen LogP contribution is 2.32. The molecule has 1 saturated heterocycles. The molecule has 0 saturated carbocycles. The van der Waals surface area contributed by atoms with E-state index in [9.17, 15) is 24.3 Å². The first-order valence-corrected chi connectivity index (χ1v) is 8.09. The van der Waals surface area contributed by atoms with Crippen molar-refractivity contribution in [3.05, 3.63) is 62.2 Å². The topological polar surface area (TPSA) is 136 Å². The van der Waals surface area contributed by atoms with Crippen LogP contribution < -0.4 is 11.2 Å². The summed E-state index contributed by atoms with van der Waals surface area (Å²) in [5, 5.41) is 9.50. The van der Waals surface area contributed by atoms with E-state index in [1.165, 1.54) is 4.90 Å². The molecule has 9 heteroatoms. The maximum Gasteiger partial charge on any atom is 0.325 e. The van der Waals surface area contributed by atoms with Crippen molar-refractivity contribution in [3.63, 3.8) is 0 Å². The average molecular weight is 358 g/mol. The molecule has 2 aromatic rings. The number of rotatable bonds is 4. The Hall–Kier alpha value is -3.23. The lowest BCUT2D eigenvalue weighted by Crippen LogP contribution is -2.35. The molecule has 0 spiro atoms. The molecule has 2 atom stereocenters. The van der Waals surface area contributed by atoms with Crippen LogP contribution in [0.5, 0.6) is 0 Å². The second-order valence-corrected chi connectivity index (χ2v) is 6.32. The van der Waals surface area contributed by atoms with Crippen LogP contribution in [-0.2, 0) is 16.0 Å². The van der Waals surface area contributed by atoms with Gasteiger partial charge in [-0.3, -0.25) is 24.4 Å². The number of nitrogens with one attached hydrogen (secondary N) is 2. The summed E-state index contributed by atoms with van der Waals surface area (Å²) in [7, 11) is 0. The highest BCUT2D eigenvalue weighted by molar-refractivity contribution is 5.81. The van der Waals surface area contributed by atoms with Gasteiger partial charge in [-0.05, 0) is 24.6 Å². The van der Waals surface area contributed by atoms with E-state index in [0.29, 0.717) is 5.69 Å². The Kier molecular flexibility index (Phi) is 4.70. The number of hydrogen-bond donors (Lipinski definition) is 3. The van der Waals surface area contributed by atoms with Crippen LogP contribution >= 0.6 is 0 Å². The maximum atomic E-state index is 12.6. The van der Waals surface area contributed by atoms with Gasteiger partial charge < -0.3 is 15.0 Å². The summed E-state index contributed by atoms with van der Waals surface area (Å²) in [6.45, 7) is 1.87. The number of likely N-dealkylation sites (tertiary alicyclic amines) is 1. The standard InChI is InChI=1S/C17H18N4O5/c1-9-11(15(23)20-17(26)19-9)6-14(22)21-7-12(13(8-21)16(24)25)10-2-4-18-5-3-10/h2-5,12-13H,6-8H2,1H3,(H,24,25)(H2,19,20,23,26)/t12-,13+/m1/s1. The number of aliphatic carboxylic acids is 1. The molecule has 9 nitrogen and oxygen atoms in total. The molecule has 3 N–H and O–H groups in total. The number of aromatic nitrogens is 3. The molecule has 1 aliphatic rings. The van der Waals surface area contributed by atoms with Crippen molar-refractivity contribution >= 4 is 11.9 Å². The first-order valence-electron chi connectivity index (χ1n) is 8.09. The molecule has 1 amide bonds. The highest BCUT2D eigenvalue weighted by Gasteiger charge is 2.40. The fraction of sp³-hybridized carbons (Fsp3) is 0.353. The molecule has 0 bridgehead atoms. The van der Waals surface area contributed by atoms with Gasteiger partial charge in [-0.25, -0.2) is 4.79 Å². The fourth-order valence-corrected chi connectivity index (χ4v) is 3.31. The molecule has 3 heterocycles. The van der Waals surface area contributed by atoms with Gasteiger partial charge in [-0.1, -0.05) is 0 Å². The van der Waals surface area contributed by atoms with Crippen LogP contribution in [0, 0.1) is 12.8 Å². The Morgan fingerprint density at radius 2 is 1.92 bits per heavy atom. The molecule has 0 unspecified atom stereocenters. The summed E-state index contributed by atoms with van der Waals surface area (Å²) in [4.78, 5) is 57.3. The third kappa shape index (κ3) is 3.41. The fourth-order valence-electron chi connectivity index (χ4n) is 3.31. The second-order valence-electron chi connectivity index (χ2n) is 6.32. The number of carboxylic acid groups (broad SMARTS) is 1. The molecule has 26 heavy (non-hydrogen) atoms. The number of pyridine rings is 1. The summed E-state index contributed by atoms with van der Waals surface area (Å²) >= 11 is 0. The van der Waals surface area contributed by atoms with Crippen molar-refractivity contribution in [1.29, 1.82) is 0 Å². The Labute approximate surface area is 147 Å². The van der Waals surface area contributed by atoms with Crippen molar-refractivity contribution in [2.24, 2.45) is 5.92 Å². The van der Waals surface area contributed by atoms with Crippen LogP contribution in [0.3, 0.4) is 0 Å². The van der Waals surface area contributed by atoms with Gasteiger partial charge in [0.15, 0.2) is 0 Å². The Balaban J connectivity index is 1.82. The number of aryl methyl sites for hydroxylation is 1. The lowest BCUT2D eigenvalue weighted by molar-refractivity contribution is -0.141. The minimum atomic E-state index is -0.972. The minimum absolute atomic E-state index is 0.0709. The molecule has 3 rings (SSSR count). The van der Waals surface area contributed by atoms with Crippen molar-refractivity contribution in [1.82, 2.24) is 19.9 Å². The van der Waals surface area contributed by atoms with Crippen LogP contribution in [0.1, 0.15) is 22.7 Å². The summed E-state index contributed by atoms with van der Waals surface area (Å²) in [6.07, 6.45) is 2.97. The number of amides is 1. The van der Waals surface area contributed by atoms with Gasteiger partial charge in [0.1, 0.15) is 0 Å². The van der Waals surface area contributed by atoms with Crippen molar-refractivity contribution in [3.8, 4) is 0 Å². The van der Waals surface area contributed by atoms with Crippen LogP contribution in [0.15, 0.2) is 34.1 Å². The smallest absolute Gasteiger partial charge is 0.325 e. The van der Waals surface area contributed by atoms with Crippen LogP contribution in [0.4, 0.5) is 0 Å². The van der Waals surface area contributed by atoms with E-state index >= 15 is 0 Å². The Morgan fingerprint density at radius 1 is 1.23 bits per heavy atom. The van der Waals surface area contributed by atoms with Crippen molar-refractivity contribution in [2.45, 2.75) is 19.3 Å². The first kappa shape index (κ1) is 17.6. The molecular weight excluding hydrogens is 340 g/mol. The van der Waals surface area contributed by atoms with Crippen LogP contribution in [0.2, 0.25) is 0 Å². The highest BCUT2D eigenvalue weighted by atomic mass is 16.4. The zero-order valence-electron chi connectivity index (χ0n) is 14.1. The lowest BCUT2D eigenvalue weighted by Gasteiger charge is -2.16. The number of nitrogens with zero attached hydrogens (tertiary/aromatic N) is 2. The second kappa shape index (κ2) is 6.95. The average Bonchev–Trinajstić information content (AvgIpc) is 3.04. The number of carbonyl (C=O) groups excluding carboxylic acids is 1. The van der Waals surface area contributed by atoms with Crippen molar-refractivity contribution in [2.75, 3.05) is 13.1 Å². The number of carboxylic acids is 1. The number of hydrogen-bond acceptors (Lipinski definition) is 5. The van der Waals surface area contributed by atoms with E-state index in [4.69, 9.17) is 0 Å². The SMILES string of the molecule is Cc1[nH]c(=O)[nH]c(=O)c1CC(=O)N1C[C@H](C(=O)O)[C@@H](c2ccncc2)C1. The van der Waals surface area contributed by atoms with Gasteiger partial charge in [-0.2, -0.15) is 0 Å². The van der Waals surface area contributed by atoms with Gasteiger partial charge in [0.05, 0.1) is 12.3 Å². The zero-order valence-corrected chi connectivity index (χ0v) is 14.1. The molecule has 1 aliphatic heterocycles. The van der Waals surface area contributed by atoms with Crippen molar-refractivity contribution < 1.29 is 14.7 Å². The van der Waals surface area contributed by atoms with Gasteiger partial charge in [-0.15, -0.1) is 0 Å². The summed E-state index contributed by atoms with van der Waals surface area (Å²) in [6, 6.07) is 3.48. The van der Waals surface area contributed by atoms with Gasteiger partial charge in [0, 0.05) is 42.7 Å². The molecule has 2 aromatic heterocycles. The van der Waals surface area contributed by atoms with E-state index in [2.05, 4.69) is 15.0 Å². The van der Waals surface area contributed by atoms with E-state index < -0.39 is 23.1 Å². The zero-order chi connectivity index (χ0) is 18.8. The van der Waals surface area contributed by atoms with Gasteiger partial charge >= 0.3 is 11.7 Å². The summed E-state index contributed by atoms with van der Waals surface area (Å²) in [5.74, 6) is -2.39. The molecule has 0 aliphatic carbocycles. The number of H-pyrrole nitrogens is 2. The minimum Gasteiger partial charge on any atom is -0.481 e. The van der Waals surface area contributed by atoms with E-state index in [1.807, 2.05) is 0 Å². The number of aromatic amines is 2. The van der Waals surface area contributed by atoms with Crippen LogP contribution in [-0.4, -0.2) is 49.9 Å². The normalized spacial score (nSPS) is 19.5. The molecule has 136 valence electrons. The molecule has 1 fully saturated rings. The predicted molar refractivity (Wildman–Crippen MR) is 90.8 cm³/mol. The van der Waals surface area contributed by atoms with E-state index in [1.54, 1.807) is 31.5 Å². The van der Waals surface area contributed by atoms with Gasteiger partial charge in [0.25, 0.3) is 5.56 Å². The Morgan fingerprint density at radius 3 is 2.54 bits per heavy atom. The molecule has 0 aromatic carbocycles. The molecular formula is C17H18N4O5. The monoisotopic (exact) mass is 358 g/mol. The predicted octanol–water partition coefficient (Wildman–Crippen LogP) is -0.364. The van der Waals surface area contributed by atoms with Gasteiger partial charge in [0.2, 0.25) is 5.91 Å². The molecule has 0 radical (unpaired) electrons. The third-order valence-electron chi connectivity index (χ3n) is 4.71. The first-order chi connectivity index (χ1) is 12.4. The maximum absolute atomic E-state index is 12.6. The van der Waals surface area contributed by atoms with E-state index in [0.717, 1.165) is 5.56 Å².